The van der Waals surface area contributed by atoms with Crippen LogP contribution in [0.5, 0.6) is 0 Å². The first-order valence-corrected chi connectivity index (χ1v) is 13.7. The van der Waals surface area contributed by atoms with Crippen molar-refractivity contribution in [2.24, 2.45) is 4.99 Å². The van der Waals surface area contributed by atoms with E-state index in [0.717, 1.165) is 16.7 Å². The van der Waals surface area contributed by atoms with Gasteiger partial charge in [-0.2, -0.15) is 0 Å². The van der Waals surface area contributed by atoms with Crippen molar-refractivity contribution in [3.8, 4) is 0 Å². The Hall–Kier alpha value is -4.08. The van der Waals surface area contributed by atoms with Crippen molar-refractivity contribution in [1.82, 2.24) is 9.88 Å². The zero-order valence-electron chi connectivity index (χ0n) is 21.6. The Labute approximate surface area is 235 Å². The summed E-state index contributed by atoms with van der Waals surface area (Å²) in [5.41, 5.74) is 2.56. The van der Waals surface area contributed by atoms with Crippen molar-refractivity contribution in [1.29, 1.82) is 0 Å². The molecule has 9 nitrogen and oxygen atoms in total. The first-order valence-electron chi connectivity index (χ1n) is 13.3. The van der Waals surface area contributed by atoms with Gasteiger partial charge in [0.1, 0.15) is 23.7 Å². The van der Waals surface area contributed by atoms with Gasteiger partial charge < -0.3 is 15.4 Å². The minimum Gasteiger partial charge on any atom is -0.381 e. The number of pyridine rings is 1. The van der Waals surface area contributed by atoms with Crippen LogP contribution in [-0.2, 0) is 37.4 Å². The molecule has 2 aromatic carbocycles. The zero-order valence-corrected chi connectivity index (χ0v) is 22.3. The molecule has 3 aliphatic heterocycles. The lowest BCUT2D eigenvalue weighted by Crippen LogP contribution is -2.48. The van der Waals surface area contributed by atoms with Crippen LogP contribution in [0.2, 0.25) is 5.02 Å². The molecular weight excluding hydrogens is 530 g/mol. The minimum absolute atomic E-state index is 0.0519. The van der Waals surface area contributed by atoms with Crippen LogP contribution >= 0.6 is 11.6 Å². The summed E-state index contributed by atoms with van der Waals surface area (Å²) in [6.45, 7) is 0.661. The molecule has 2 spiro atoms. The summed E-state index contributed by atoms with van der Waals surface area (Å²) in [5, 5.41) is 6.33. The maximum atomic E-state index is 13.7. The molecule has 1 saturated heterocycles. The zero-order chi connectivity index (χ0) is 27.5. The second-order valence-electron chi connectivity index (χ2n) is 10.8. The van der Waals surface area contributed by atoms with Crippen molar-refractivity contribution in [3.05, 3.63) is 88.1 Å². The highest BCUT2D eigenvalue weighted by molar-refractivity contribution is 6.35. The van der Waals surface area contributed by atoms with Crippen molar-refractivity contribution in [2.45, 2.75) is 36.6 Å². The van der Waals surface area contributed by atoms with E-state index in [4.69, 9.17) is 21.3 Å². The van der Waals surface area contributed by atoms with Crippen LogP contribution in [0.15, 0.2) is 65.8 Å². The molecule has 10 heteroatoms. The number of rotatable bonds is 4. The highest BCUT2D eigenvalue weighted by atomic mass is 35.5. The number of halogens is 1. The maximum absolute atomic E-state index is 13.7. The first kappa shape index (κ1) is 24.9. The fourth-order valence-electron chi connectivity index (χ4n) is 6.38. The lowest BCUT2D eigenvalue weighted by molar-refractivity contribution is -0.136. The summed E-state index contributed by atoms with van der Waals surface area (Å²) in [5.74, 6) is 0.406. The molecule has 2 N–H and O–H groups in total. The molecular formula is C30H26ClN5O4. The normalized spacial score (nSPS) is 22.3. The Bertz CT molecular complexity index is 1620. The van der Waals surface area contributed by atoms with E-state index in [1.807, 2.05) is 42.5 Å². The number of benzene rings is 2. The molecule has 0 unspecified atom stereocenters. The van der Waals surface area contributed by atoms with Gasteiger partial charge in [0, 0.05) is 49.1 Å². The van der Waals surface area contributed by atoms with Gasteiger partial charge >= 0.3 is 0 Å². The molecule has 1 atom stereocenters. The Kier molecular flexibility index (Phi) is 5.76. The molecule has 202 valence electrons. The molecule has 0 radical (unpaired) electrons. The van der Waals surface area contributed by atoms with Gasteiger partial charge in [0.15, 0.2) is 0 Å². The quantitative estimate of drug-likeness (QED) is 0.511. The number of aromatic nitrogens is 1. The fourth-order valence-corrected chi connectivity index (χ4v) is 6.60. The Morgan fingerprint density at radius 3 is 2.67 bits per heavy atom. The fraction of sp³-hybridized carbons (Fsp3) is 0.300. The van der Waals surface area contributed by atoms with E-state index in [9.17, 15) is 14.4 Å². The number of nitrogens with one attached hydrogen (secondary N) is 2. The summed E-state index contributed by atoms with van der Waals surface area (Å²) in [7, 11) is 0. The van der Waals surface area contributed by atoms with Gasteiger partial charge in [-0.05, 0) is 54.3 Å². The van der Waals surface area contributed by atoms with E-state index in [1.54, 1.807) is 18.3 Å². The van der Waals surface area contributed by atoms with Gasteiger partial charge in [0.2, 0.25) is 11.8 Å². The number of hydrogen-bond acceptors (Lipinski definition) is 6. The van der Waals surface area contributed by atoms with Gasteiger partial charge in [-0.1, -0.05) is 35.9 Å². The van der Waals surface area contributed by atoms with Gasteiger partial charge in [0.25, 0.3) is 5.91 Å². The highest BCUT2D eigenvalue weighted by Gasteiger charge is 2.52. The van der Waals surface area contributed by atoms with Crippen molar-refractivity contribution >= 4 is 46.7 Å². The lowest BCUT2D eigenvalue weighted by Gasteiger charge is -2.29. The molecule has 4 aliphatic rings. The SMILES string of the molecule is O=C(CN1C(=O)C2(CCOCC2)N=C1c1ccccc1Cl)Nc1ccc2c(c1)C[C@@]1(C2)C(=O)Nc2ncccc21. The predicted octanol–water partition coefficient (Wildman–Crippen LogP) is 3.50. The smallest absolute Gasteiger partial charge is 0.256 e. The number of amidine groups is 1. The minimum atomic E-state index is -0.943. The van der Waals surface area contributed by atoms with Crippen LogP contribution in [0.25, 0.3) is 0 Å². The first-order chi connectivity index (χ1) is 19.4. The molecule has 4 heterocycles. The number of amides is 3. The lowest BCUT2D eigenvalue weighted by atomic mass is 9.79. The van der Waals surface area contributed by atoms with Crippen molar-refractivity contribution in [3.63, 3.8) is 0 Å². The molecule has 1 aliphatic carbocycles. The molecule has 3 aromatic rings. The van der Waals surface area contributed by atoms with E-state index in [-0.39, 0.29) is 24.3 Å². The number of carbonyl (C=O) groups excluding carboxylic acids is 3. The monoisotopic (exact) mass is 555 g/mol. The average Bonchev–Trinajstić information content (AvgIpc) is 3.56. The van der Waals surface area contributed by atoms with Crippen LogP contribution in [0, 0.1) is 0 Å². The van der Waals surface area contributed by atoms with Crippen molar-refractivity contribution in [2.75, 3.05) is 30.4 Å². The largest absolute Gasteiger partial charge is 0.381 e. The standard InChI is InChI=1S/C30H26ClN5O4/c31-23-6-2-1-4-21(23)26-35-30(9-12-40-13-10-30)28(39)36(26)17-24(37)33-20-8-7-18-15-29(16-19(18)14-20)22-5-3-11-32-25(22)34-27(29)38/h1-8,11,14H,9-10,12-13,15-17H2,(H,33,37)(H,32,34,38)/t29-/m1/s1. The third-order valence-corrected chi connectivity index (χ3v) is 8.75. The number of anilines is 2. The van der Waals surface area contributed by atoms with Gasteiger partial charge in [0.05, 0.1) is 10.4 Å². The summed E-state index contributed by atoms with van der Waals surface area (Å²) in [4.78, 5) is 50.6. The number of fused-ring (bicyclic) bond motifs is 3. The number of nitrogens with zero attached hydrogens (tertiary/aromatic N) is 3. The molecule has 1 aromatic heterocycles. The third kappa shape index (κ3) is 3.83. The molecule has 0 saturated carbocycles. The maximum Gasteiger partial charge on any atom is 0.256 e. The molecule has 7 rings (SSSR count). The van der Waals surface area contributed by atoms with E-state index in [1.165, 1.54) is 4.90 Å². The predicted molar refractivity (Wildman–Crippen MR) is 150 cm³/mol. The molecule has 40 heavy (non-hydrogen) atoms. The van der Waals surface area contributed by atoms with E-state index >= 15 is 0 Å². The number of hydrogen-bond donors (Lipinski definition) is 2. The number of ether oxygens (including phenoxy) is 1. The Morgan fingerprint density at radius 2 is 1.85 bits per heavy atom. The highest BCUT2D eigenvalue weighted by Crippen LogP contribution is 2.47. The topological polar surface area (TPSA) is 113 Å². The molecule has 1 fully saturated rings. The van der Waals surface area contributed by atoms with Crippen LogP contribution < -0.4 is 10.6 Å². The van der Waals surface area contributed by atoms with E-state index < -0.39 is 11.0 Å². The van der Waals surface area contributed by atoms with Gasteiger partial charge in [-0.25, -0.2) is 4.98 Å². The van der Waals surface area contributed by atoms with Gasteiger partial charge in [-0.15, -0.1) is 0 Å². The third-order valence-electron chi connectivity index (χ3n) is 8.42. The summed E-state index contributed by atoms with van der Waals surface area (Å²) < 4.78 is 5.49. The van der Waals surface area contributed by atoms with E-state index in [2.05, 4.69) is 15.6 Å². The van der Waals surface area contributed by atoms with Gasteiger partial charge in [-0.3, -0.25) is 24.3 Å². The Morgan fingerprint density at radius 1 is 1.05 bits per heavy atom. The van der Waals surface area contributed by atoms with Crippen LogP contribution in [0.1, 0.15) is 35.1 Å². The summed E-state index contributed by atoms with van der Waals surface area (Å²) in [6.07, 6.45) is 3.68. The average molecular weight is 556 g/mol. The second kappa shape index (κ2) is 9.25. The molecule has 0 bridgehead atoms. The van der Waals surface area contributed by atoms with Crippen LogP contribution in [-0.4, -0.2) is 58.7 Å². The van der Waals surface area contributed by atoms with Crippen LogP contribution in [0.4, 0.5) is 11.5 Å². The number of carbonyl (C=O) groups is 3. The number of aliphatic imine (C=N–C) groups is 1. The van der Waals surface area contributed by atoms with Crippen LogP contribution in [0.3, 0.4) is 0 Å². The van der Waals surface area contributed by atoms with Crippen molar-refractivity contribution < 1.29 is 19.1 Å². The molecule has 3 amide bonds. The summed E-state index contributed by atoms with van der Waals surface area (Å²) in [6, 6.07) is 16.7. The van der Waals surface area contributed by atoms with E-state index in [0.29, 0.717) is 66.8 Å². The second-order valence-corrected chi connectivity index (χ2v) is 11.2. The Balaban J connectivity index is 1.12. The summed E-state index contributed by atoms with van der Waals surface area (Å²) >= 11 is 6.48.